The van der Waals surface area contributed by atoms with Gasteiger partial charge in [-0.2, -0.15) is 0 Å². The zero-order chi connectivity index (χ0) is 17.9. The van der Waals surface area contributed by atoms with Gasteiger partial charge >= 0.3 is 14.6 Å². The molecule has 0 heterocycles. The standard InChI is InChI=1S/C14H11B2F3NO4/c17-10-4-8(3-9(5-10)15-22)14(21)20-6-7-1-11(16(23)24)13(19)12(18)2-7/h1-5,22-24H,6H2,(H,20,21). The predicted molar refractivity (Wildman–Crippen MR) is 81.4 cm³/mol. The molecule has 4 N–H and O–H groups in total. The Morgan fingerprint density at radius 2 is 1.83 bits per heavy atom. The van der Waals surface area contributed by atoms with E-state index in [1.807, 2.05) is 0 Å². The fourth-order valence-electron chi connectivity index (χ4n) is 2.06. The monoisotopic (exact) mass is 336 g/mol. The van der Waals surface area contributed by atoms with Crippen LogP contribution in [0.5, 0.6) is 0 Å². The lowest BCUT2D eigenvalue weighted by molar-refractivity contribution is 0.0950. The maximum atomic E-state index is 13.4. The molecule has 2 aromatic carbocycles. The Labute approximate surface area is 136 Å². The van der Waals surface area contributed by atoms with Crippen molar-refractivity contribution in [3.05, 3.63) is 58.9 Å². The third-order valence-corrected chi connectivity index (χ3v) is 3.18. The van der Waals surface area contributed by atoms with Crippen LogP contribution in [0.4, 0.5) is 13.2 Å². The van der Waals surface area contributed by atoms with Crippen LogP contribution in [-0.2, 0) is 6.54 Å². The second-order valence-corrected chi connectivity index (χ2v) is 4.94. The van der Waals surface area contributed by atoms with Crippen LogP contribution in [0, 0.1) is 17.5 Å². The van der Waals surface area contributed by atoms with Crippen molar-refractivity contribution in [1.29, 1.82) is 0 Å². The first-order chi connectivity index (χ1) is 11.3. The van der Waals surface area contributed by atoms with Gasteiger partial charge in [-0.15, -0.1) is 0 Å². The molecule has 1 radical (unpaired) electrons. The molecule has 2 aromatic rings. The van der Waals surface area contributed by atoms with Crippen LogP contribution in [0.3, 0.4) is 0 Å². The van der Waals surface area contributed by atoms with Gasteiger partial charge in [-0.05, 0) is 23.8 Å². The van der Waals surface area contributed by atoms with Crippen molar-refractivity contribution in [2.45, 2.75) is 6.54 Å². The zero-order valence-electron chi connectivity index (χ0n) is 12.1. The molecule has 0 unspecified atom stereocenters. The quantitative estimate of drug-likeness (QED) is 0.525. The van der Waals surface area contributed by atoms with E-state index in [2.05, 4.69) is 5.32 Å². The van der Waals surface area contributed by atoms with Crippen molar-refractivity contribution in [3.63, 3.8) is 0 Å². The SMILES string of the molecule is O=C(NCc1cc(F)c(F)c(B(O)O)c1)c1cc(F)cc([B]O)c1. The van der Waals surface area contributed by atoms with E-state index in [9.17, 15) is 18.0 Å². The van der Waals surface area contributed by atoms with E-state index in [1.54, 1.807) is 0 Å². The molecule has 5 nitrogen and oxygen atoms in total. The molecule has 0 aliphatic heterocycles. The van der Waals surface area contributed by atoms with Crippen molar-refractivity contribution in [2.75, 3.05) is 0 Å². The first kappa shape index (κ1) is 18.1. The highest BCUT2D eigenvalue weighted by atomic mass is 19.2. The molecule has 0 fully saturated rings. The first-order valence-corrected chi connectivity index (χ1v) is 6.72. The number of hydrogen-bond donors (Lipinski definition) is 4. The number of benzene rings is 2. The zero-order valence-corrected chi connectivity index (χ0v) is 12.1. The Balaban J connectivity index is 2.16. The summed E-state index contributed by atoms with van der Waals surface area (Å²) >= 11 is 0. The summed E-state index contributed by atoms with van der Waals surface area (Å²) in [5, 5.41) is 29.2. The topological polar surface area (TPSA) is 89.8 Å². The van der Waals surface area contributed by atoms with Gasteiger partial charge in [0.1, 0.15) is 5.82 Å². The average molecular weight is 336 g/mol. The maximum absolute atomic E-state index is 13.4. The molecule has 0 saturated heterocycles. The van der Waals surface area contributed by atoms with E-state index >= 15 is 0 Å². The van der Waals surface area contributed by atoms with Gasteiger partial charge in [-0.25, -0.2) is 13.2 Å². The van der Waals surface area contributed by atoms with Gasteiger partial charge in [-0.3, -0.25) is 4.79 Å². The third-order valence-electron chi connectivity index (χ3n) is 3.18. The molecule has 0 aliphatic carbocycles. The molecule has 1 amide bonds. The predicted octanol–water partition coefficient (Wildman–Crippen LogP) is -1.05. The van der Waals surface area contributed by atoms with Gasteiger partial charge in [0.05, 0.1) is 0 Å². The first-order valence-electron chi connectivity index (χ1n) is 6.72. The fourth-order valence-corrected chi connectivity index (χ4v) is 2.06. The van der Waals surface area contributed by atoms with Gasteiger partial charge in [0, 0.05) is 17.6 Å². The molecular weight excluding hydrogens is 325 g/mol. The third kappa shape index (κ3) is 4.16. The summed E-state index contributed by atoms with van der Waals surface area (Å²) in [5.41, 5.74) is -0.586. The van der Waals surface area contributed by atoms with Crippen molar-refractivity contribution < 1.29 is 33.0 Å². The lowest BCUT2D eigenvalue weighted by Crippen LogP contribution is -2.34. The van der Waals surface area contributed by atoms with Crippen molar-refractivity contribution in [1.82, 2.24) is 5.32 Å². The Bertz CT molecular complexity index is 774. The molecule has 0 atom stereocenters. The summed E-state index contributed by atoms with van der Waals surface area (Å²) in [4.78, 5) is 12.0. The van der Waals surface area contributed by atoms with Crippen LogP contribution in [0.2, 0.25) is 0 Å². The minimum atomic E-state index is -2.21. The van der Waals surface area contributed by atoms with Crippen LogP contribution >= 0.6 is 0 Å². The molecule has 24 heavy (non-hydrogen) atoms. The number of hydrogen-bond acceptors (Lipinski definition) is 4. The van der Waals surface area contributed by atoms with Crippen molar-refractivity contribution in [2.24, 2.45) is 0 Å². The highest BCUT2D eigenvalue weighted by Crippen LogP contribution is 2.08. The van der Waals surface area contributed by atoms with Crippen molar-refractivity contribution in [3.8, 4) is 0 Å². The Kier molecular flexibility index (Phi) is 5.66. The Morgan fingerprint density at radius 3 is 2.46 bits per heavy atom. The summed E-state index contributed by atoms with van der Waals surface area (Å²) in [6, 6.07) is 4.96. The van der Waals surface area contributed by atoms with E-state index in [-0.39, 0.29) is 23.1 Å². The van der Waals surface area contributed by atoms with E-state index in [0.717, 1.165) is 24.3 Å². The molecule has 0 bridgehead atoms. The highest BCUT2D eigenvalue weighted by Gasteiger charge is 2.21. The van der Waals surface area contributed by atoms with Crippen LogP contribution in [-0.4, -0.2) is 35.6 Å². The maximum Gasteiger partial charge on any atom is 0.491 e. The van der Waals surface area contributed by atoms with Crippen LogP contribution in [0.25, 0.3) is 0 Å². The molecule has 0 spiro atoms. The number of amides is 1. The summed E-state index contributed by atoms with van der Waals surface area (Å²) in [6.07, 6.45) is 0. The minimum absolute atomic E-state index is 0.0793. The van der Waals surface area contributed by atoms with E-state index in [0.29, 0.717) is 7.48 Å². The number of carbonyl (C=O) groups excluding carboxylic acids is 1. The van der Waals surface area contributed by atoms with Crippen molar-refractivity contribution >= 4 is 31.4 Å². The van der Waals surface area contributed by atoms with Crippen LogP contribution in [0.15, 0.2) is 30.3 Å². The average Bonchev–Trinajstić information content (AvgIpc) is 2.54. The molecule has 10 heteroatoms. The number of halogens is 3. The van der Waals surface area contributed by atoms with E-state index in [1.165, 1.54) is 6.07 Å². The van der Waals surface area contributed by atoms with Gasteiger partial charge in [0.25, 0.3) is 5.91 Å². The molecule has 0 saturated carbocycles. The lowest BCUT2D eigenvalue weighted by atomic mass is 9.79. The van der Waals surface area contributed by atoms with E-state index in [4.69, 9.17) is 15.1 Å². The van der Waals surface area contributed by atoms with Gasteiger partial charge in [0.2, 0.25) is 0 Å². The summed E-state index contributed by atoms with van der Waals surface area (Å²) in [6.45, 7) is -0.259. The fraction of sp³-hybridized carbons (Fsp3) is 0.0714. The largest absolute Gasteiger partial charge is 0.491 e. The van der Waals surface area contributed by atoms with E-state index < -0.39 is 35.9 Å². The second kappa shape index (κ2) is 7.52. The lowest BCUT2D eigenvalue weighted by Gasteiger charge is -2.10. The summed E-state index contributed by atoms with van der Waals surface area (Å²) < 4.78 is 40.1. The molecule has 0 aromatic heterocycles. The normalized spacial score (nSPS) is 10.4. The Hall–Kier alpha value is -2.29. The number of carbonyl (C=O) groups is 1. The van der Waals surface area contributed by atoms with Gasteiger partial charge in [-0.1, -0.05) is 17.6 Å². The smallest absolute Gasteiger partial charge is 0.450 e. The molecule has 2 rings (SSSR count). The second-order valence-electron chi connectivity index (χ2n) is 4.94. The summed E-state index contributed by atoms with van der Waals surface area (Å²) in [7, 11) is -1.58. The highest BCUT2D eigenvalue weighted by molar-refractivity contribution is 6.58. The van der Waals surface area contributed by atoms with Gasteiger partial charge in [0.15, 0.2) is 11.6 Å². The Morgan fingerprint density at radius 1 is 1.12 bits per heavy atom. The molecular formula is C14H11B2F3NO4. The molecule has 0 aliphatic rings. The van der Waals surface area contributed by atoms with Crippen LogP contribution < -0.4 is 16.2 Å². The minimum Gasteiger partial charge on any atom is -0.450 e. The number of nitrogens with one attached hydrogen (secondary N) is 1. The number of rotatable bonds is 5. The van der Waals surface area contributed by atoms with Gasteiger partial charge < -0.3 is 20.4 Å². The molecule has 123 valence electrons. The van der Waals surface area contributed by atoms with Crippen LogP contribution in [0.1, 0.15) is 15.9 Å². The summed E-state index contributed by atoms with van der Waals surface area (Å²) in [5.74, 6) is -4.14.